The Balaban J connectivity index is 2.14. The summed E-state index contributed by atoms with van der Waals surface area (Å²) in [6.07, 6.45) is 2.64. The maximum atomic E-state index is 9.66. The van der Waals surface area contributed by atoms with Gasteiger partial charge in [-0.05, 0) is 26.3 Å². The summed E-state index contributed by atoms with van der Waals surface area (Å²) in [4.78, 5) is 4.35. The topological polar surface area (TPSA) is 42.4 Å². The van der Waals surface area contributed by atoms with E-state index in [2.05, 4.69) is 11.9 Å². The van der Waals surface area contributed by atoms with E-state index < -0.39 is 6.10 Å². The highest BCUT2D eigenvalue weighted by Gasteiger charge is 2.26. The Kier molecular flexibility index (Phi) is 3.84. The minimum absolute atomic E-state index is 0.272. The summed E-state index contributed by atoms with van der Waals surface area (Å²) < 4.78 is 5.53. The van der Waals surface area contributed by atoms with Crippen molar-refractivity contribution < 1.29 is 9.84 Å². The molecule has 1 saturated heterocycles. The molecule has 3 nitrogen and oxygen atoms in total. The maximum Gasteiger partial charge on any atom is 0.102 e. The lowest BCUT2D eigenvalue weighted by atomic mass is 10.2. The van der Waals surface area contributed by atoms with E-state index in [0.29, 0.717) is 5.25 Å². The van der Waals surface area contributed by atoms with Gasteiger partial charge in [0.1, 0.15) is 5.03 Å². The van der Waals surface area contributed by atoms with E-state index in [0.717, 1.165) is 23.6 Å². The molecule has 3 unspecified atom stereocenters. The van der Waals surface area contributed by atoms with E-state index in [1.54, 1.807) is 24.9 Å². The van der Waals surface area contributed by atoms with Crippen molar-refractivity contribution in [2.24, 2.45) is 0 Å². The highest BCUT2D eigenvalue weighted by molar-refractivity contribution is 8.00. The summed E-state index contributed by atoms with van der Waals surface area (Å²) >= 11 is 1.72. The summed E-state index contributed by atoms with van der Waals surface area (Å²) in [5.41, 5.74) is 0.909. The number of rotatable bonds is 3. The largest absolute Gasteiger partial charge is 0.389 e. The van der Waals surface area contributed by atoms with Crippen LogP contribution in [0.2, 0.25) is 0 Å². The average molecular weight is 239 g/mol. The first-order valence-electron chi connectivity index (χ1n) is 5.59. The van der Waals surface area contributed by atoms with Crippen molar-refractivity contribution in [1.82, 2.24) is 4.98 Å². The van der Waals surface area contributed by atoms with Gasteiger partial charge in [-0.1, -0.05) is 17.8 Å². The van der Waals surface area contributed by atoms with Gasteiger partial charge in [0.25, 0.3) is 0 Å². The number of ether oxygens (including phenoxy) is 1. The normalized spacial score (nSPS) is 26.9. The van der Waals surface area contributed by atoms with E-state index in [-0.39, 0.29) is 6.10 Å². The first kappa shape index (κ1) is 11.9. The molecular formula is C12H17NO2S. The second-order valence-corrected chi connectivity index (χ2v) is 5.32. The zero-order chi connectivity index (χ0) is 11.5. The van der Waals surface area contributed by atoms with Crippen molar-refractivity contribution in [2.45, 2.75) is 42.8 Å². The highest BCUT2D eigenvalue weighted by atomic mass is 32.2. The SMILES string of the molecule is CC(O)c1cccnc1SC1CCOC1C. The number of aliphatic hydroxyl groups is 1. The molecule has 1 aromatic heterocycles. The minimum atomic E-state index is -0.464. The average Bonchev–Trinajstić information content (AvgIpc) is 2.65. The van der Waals surface area contributed by atoms with Gasteiger partial charge in [-0.3, -0.25) is 0 Å². The van der Waals surface area contributed by atoms with Gasteiger partial charge in [-0.15, -0.1) is 0 Å². The van der Waals surface area contributed by atoms with Crippen LogP contribution in [0.3, 0.4) is 0 Å². The standard InChI is InChI=1S/C12H17NO2S/c1-8(14)10-4-3-6-13-12(10)16-11-5-7-15-9(11)2/h3-4,6,8-9,11,14H,5,7H2,1-2H3. The molecule has 0 aromatic carbocycles. The third-order valence-electron chi connectivity index (χ3n) is 2.82. The predicted octanol–water partition coefficient (Wildman–Crippen LogP) is 2.40. The quantitative estimate of drug-likeness (QED) is 0.879. The Morgan fingerprint density at radius 2 is 2.44 bits per heavy atom. The molecule has 0 saturated carbocycles. The molecule has 1 aromatic rings. The van der Waals surface area contributed by atoms with Crippen molar-refractivity contribution in [2.75, 3.05) is 6.61 Å². The second kappa shape index (κ2) is 5.17. The van der Waals surface area contributed by atoms with E-state index in [4.69, 9.17) is 4.74 Å². The Morgan fingerprint density at radius 3 is 3.06 bits per heavy atom. The van der Waals surface area contributed by atoms with Gasteiger partial charge >= 0.3 is 0 Å². The number of aromatic nitrogens is 1. The monoisotopic (exact) mass is 239 g/mol. The lowest BCUT2D eigenvalue weighted by Crippen LogP contribution is -2.14. The van der Waals surface area contributed by atoms with Gasteiger partial charge in [0.15, 0.2) is 0 Å². The fraction of sp³-hybridized carbons (Fsp3) is 0.583. The van der Waals surface area contributed by atoms with Crippen molar-refractivity contribution in [3.63, 3.8) is 0 Å². The van der Waals surface area contributed by atoms with E-state index in [9.17, 15) is 5.11 Å². The number of nitrogens with zero attached hydrogens (tertiary/aromatic N) is 1. The van der Waals surface area contributed by atoms with Crippen molar-refractivity contribution in [3.8, 4) is 0 Å². The third-order valence-corrected chi connectivity index (χ3v) is 4.31. The molecule has 0 radical (unpaired) electrons. The molecule has 3 atom stereocenters. The Bertz CT molecular complexity index is 357. The van der Waals surface area contributed by atoms with Gasteiger partial charge in [0.05, 0.1) is 12.2 Å². The molecule has 88 valence electrons. The number of aliphatic hydroxyl groups excluding tert-OH is 1. The van der Waals surface area contributed by atoms with Gasteiger partial charge in [0, 0.05) is 23.6 Å². The zero-order valence-corrected chi connectivity index (χ0v) is 10.4. The molecule has 0 spiro atoms. The van der Waals surface area contributed by atoms with Crippen LogP contribution in [-0.4, -0.2) is 28.1 Å². The van der Waals surface area contributed by atoms with Crippen LogP contribution < -0.4 is 0 Å². The molecule has 16 heavy (non-hydrogen) atoms. The molecule has 0 aliphatic carbocycles. The van der Waals surface area contributed by atoms with Crippen LogP contribution in [0.25, 0.3) is 0 Å². The smallest absolute Gasteiger partial charge is 0.102 e. The fourth-order valence-corrected chi connectivity index (χ4v) is 3.10. The van der Waals surface area contributed by atoms with Crippen LogP contribution in [-0.2, 0) is 4.74 Å². The van der Waals surface area contributed by atoms with Crippen LogP contribution >= 0.6 is 11.8 Å². The van der Waals surface area contributed by atoms with Gasteiger partial charge < -0.3 is 9.84 Å². The minimum Gasteiger partial charge on any atom is -0.389 e. The summed E-state index contributed by atoms with van der Waals surface area (Å²) in [7, 11) is 0. The number of hydrogen-bond donors (Lipinski definition) is 1. The first-order chi connectivity index (χ1) is 7.68. The van der Waals surface area contributed by atoms with E-state index in [1.165, 1.54) is 0 Å². The molecule has 1 aliphatic heterocycles. The molecule has 0 bridgehead atoms. The molecule has 4 heteroatoms. The summed E-state index contributed by atoms with van der Waals surface area (Å²) in [5, 5.41) is 11.0. The molecule has 1 aliphatic rings. The number of pyridine rings is 1. The number of thioether (sulfide) groups is 1. The van der Waals surface area contributed by atoms with E-state index >= 15 is 0 Å². The molecule has 0 amide bonds. The Morgan fingerprint density at radius 1 is 1.62 bits per heavy atom. The van der Waals surface area contributed by atoms with Gasteiger partial charge in [-0.25, -0.2) is 4.98 Å². The fourth-order valence-electron chi connectivity index (χ4n) is 1.83. The van der Waals surface area contributed by atoms with Gasteiger partial charge in [-0.2, -0.15) is 0 Å². The van der Waals surface area contributed by atoms with Crippen molar-refractivity contribution >= 4 is 11.8 Å². The van der Waals surface area contributed by atoms with Crippen LogP contribution in [0.15, 0.2) is 23.4 Å². The molecule has 1 fully saturated rings. The molecule has 1 N–H and O–H groups in total. The van der Waals surface area contributed by atoms with E-state index in [1.807, 2.05) is 12.1 Å². The highest BCUT2D eigenvalue weighted by Crippen LogP contribution is 2.34. The second-order valence-electron chi connectivity index (χ2n) is 4.09. The van der Waals surface area contributed by atoms with Crippen molar-refractivity contribution in [3.05, 3.63) is 23.9 Å². The molecular weight excluding hydrogens is 222 g/mol. The van der Waals surface area contributed by atoms with Crippen LogP contribution in [0.4, 0.5) is 0 Å². The van der Waals surface area contributed by atoms with Crippen LogP contribution in [0.1, 0.15) is 31.9 Å². The van der Waals surface area contributed by atoms with Crippen LogP contribution in [0.5, 0.6) is 0 Å². The van der Waals surface area contributed by atoms with Gasteiger partial charge in [0.2, 0.25) is 0 Å². The molecule has 2 rings (SSSR count). The lowest BCUT2D eigenvalue weighted by molar-refractivity contribution is 0.127. The third kappa shape index (κ3) is 2.56. The number of hydrogen-bond acceptors (Lipinski definition) is 4. The van der Waals surface area contributed by atoms with Crippen molar-refractivity contribution in [1.29, 1.82) is 0 Å². The maximum absolute atomic E-state index is 9.66. The zero-order valence-electron chi connectivity index (χ0n) is 9.59. The van der Waals surface area contributed by atoms with Crippen LogP contribution in [0, 0.1) is 0 Å². The summed E-state index contributed by atoms with van der Waals surface area (Å²) in [5.74, 6) is 0. The summed E-state index contributed by atoms with van der Waals surface area (Å²) in [6.45, 7) is 4.70. The lowest BCUT2D eigenvalue weighted by Gasteiger charge is -2.16. The first-order valence-corrected chi connectivity index (χ1v) is 6.47. The Hall–Kier alpha value is -0.580. The Labute approximate surface area is 100 Å². The predicted molar refractivity (Wildman–Crippen MR) is 64.5 cm³/mol. The summed E-state index contributed by atoms with van der Waals surface area (Å²) in [6, 6.07) is 3.79. The molecule has 2 heterocycles.